The standard InChI is InChI=1S/C14H21N/c1-9-5-6-10(2)13(7-9)14-8-11(3)15-12(14)4/h5-7,11-12,14-15H,8H2,1-4H3. The Morgan fingerprint density at radius 2 is 1.93 bits per heavy atom. The lowest BCUT2D eigenvalue weighted by Gasteiger charge is -2.18. The van der Waals surface area contributed by atoms with E-state index in [1.165, 1.54) is 17.5 Å². The van der Waals surface area contributed by atoms with Gasteiger partial charge >= 0.3 is 0 Å². The lowest BCUT2D eigenvalue weighted by atomic mass is 9.88. The first-order valence-electron chi connectivity index (χ1n) is 5.91. The molecule has 1 heterocycles. The van der Waals surface area contributed by atoms with Crippen molar-refractivity contribution in [2.45, 2.75) is 52.1 Å². The van der Waals surface area contributed by atoms with E-state index in [9.17, 15) is 0 Å². The van der Waals surface area contributed by atoms with Crippen LogP contribution in [0.5, 0.6) is 0 Å². The Kier molecular flexibility index (Phi) is 2.83. The van der Waals surface area contributed by atoms with Crippen molar-refractivity contribution in [1.29, 1.82) is 0 Å². The average Bonchev–Trinajstić information content (AvgIpc) is 2.50. The first-order valence-corrected chi connectivity index (χ1v) is 5.91. The van der Waals surface area contributed by atoms with Crippen molar-refractivity contribution in [1.82, 2.24) is 5.32 Å². The molecule has 82 valence electrons. The fraction of sp³-hybridized carbons (Fsp3) is 0.571. The maximum Gasteiger partial charge on any atom is 0.0111 e. The van der Waals surface area contributed by atoms with Crippen LogP contribution in [0, 0.1) is 13.8 Å². The Labute approximate surface area is 92.9 Å². The fourth-order valence-corrected chi connectivity index (χ4v) is 2.77. The normalized spacial score (nSPS) is 30.8. The highest BCUT2D eigenvalue weighted by atomic mass is 15.0. The molecule has 0 aromatic heterocycles. The molecular formula is C14H21N. The van der Waals surface area contributed by atoms with Gasteiger partial charge in [-0.05, 0) is 45.2 Å². The molecule has 1 aromatic carbocycles. The summed E-state index contributed by atoms with van der Waals surface area (Å²) in [5.41, 5.74) is 4.36. The SMILES string of the molecule is Cc1ccc(C)c(C2CC(C)NC2C)c1. The summed E-state index contributed by atoms with van der Waals surface area (Å²) in [6, 6.07) is 8.08. The van der Waals surface area contributed by atoms with Crippen LogP contribution in [0.25, 0.3) is 0 Å². The highest BCUT2D eigenvalue weighted by molar-refractivity contribution is 5.35. The second kappa shape index (κ2) is 3.97. The van der Waals surface area contributed by atoms with Gasteiger partial charge in [-0.25, -0.2) is 0 Å². The Balaban J connectivity index is 2.32. The third-order valence-electron chi connectivity index (χ3n) is 3.59. The molecule has 1 aliphatic rings. The molecule has 2 rings (SSSR count). The van der Waals surface area contributed by atoms with E-state index in [1.54, 1.807) is 5.56 Å². The summed E-state index contributed by atoms with van der Waals surface area (Å²) in [5.74, 6) is 0.694. The van der Waals surface area contributed by atoms with Crippen molar-refractivity contribution in [2.75, 3.05) is 0 Å². The zero-order valence-electron chi connectivity index (χ0n) is 10.2. The van der Waals surface area contributed by atoms with Crippen LogP contribution in [0.2, 0.25) is 0 Å². The second-order valence-electron chi connectivity index (χ2n) is 5.06. The summed E-state index contributed by atoms with van der Waals surface area (Å²) >= 11 is 0. The van der Waals surface area contributed by atoms with Crippen LogP contribution in [-0.2, 0) is 0 Å². The van der Waals surface area contributed by atoms with E-state index < -0.39 is 0 Å². The monoisotopic (exact) mass is 203 g/mol. The number of aryl methyl sites for hydroxylation is 2. The maximum atomic E-state index is 3.61. The third-order valence-corrected chi connectivity index (χ3v) is 3.59. The second-order valence-corrected chi connectivity index (χ2v) is 5.06. The molecule has 1 fully saturated rings. The molecule has 15 heavy (non-hydrogen) atoms. The minimum Gasteiger partial charge on any atom is -0.311 e. The van der Waals surface area contributed by atoms with Crippen molar-refractivity contribution in [3.63, 3.8) is 0 Å². The number of hydrogen-bond acceptors (Lipinski definition) is 1. The van der Waals surface area contributed by atoms with Crippen LogP contribution in [0.4, 0.5) is 0 Å². The van der Waals surface area contributed by atoms with Gasteiger partial charge in [0.1, 0.15) is 0 Å². The topological polar surface area (TPSA) is 12.0 Å². The number of nitrogens with one attached hydrogen (secondary N) is 1. The van der Waals surface area contributed by atoms with Crippen LogP contribution in [0.3, 0.4) is 0 Å². The van der Waals surface area contributed by atoms with Crippen LogP contribution < -0.4 is 5.32 Å². The number of rotatable bonds is 1. The quantitative estimate of drug-likeness (QED) is 0.739. The molecule has 1 aliphatic heterocycles. The van der Waals surface area contributed by atoms with Crippen LogP contribution in [0.1, 0.15) is 42.9 Å². The minimum atomic E-state index is 0.612. The van der Waals surface area contributed by atoms with Crippen LogP contribution in [-0.4, -0.2) is 12.1 Å². The first-order chi connectivity index (χ1) is 7.08. The molecule has 0 spiro atoms. The molecule has 0 amide bonds. The van der Waals surface area contributed by atoms with Gasteiger partial charge in [-0.15, -0.1) is 0 Å². The Morgan fingerprint density at radius 3 is 2.53 bits per heavy atom. The van der Waals surface area contributed by atoms with Gasteiger partial charge in [0.2, 0.25) is 0 Å². The first kappa shape index (κ1) is 10.7. The van der Waals surface area contributed by atoms with E-state index in [0.29, 0.717) is 18.0 Å². The molecule has 0 saturated carbocycles. The summed E-state index contributed by atoms with van der Waals surface area (Å²) in [4.78, 5) is 0. The van der Waals surface area contributed by atoms with Crippen molar-refractivity contribution in [2.24, 2.45) is 0 Å². The van der Waals surface area contributed by atoms with E-state index >= 15 is 0 Å². The predicted octanol–water partition coefficient (Wildman–Crippen LogP) is 3.16. The Hall–Kier alpha value is -0.820. The van der Waals surface area contributed by atoms with Crippen molar-refractivity contribution < 1.29 is 0 Å². The summed E-state index contributed by atoms with van der Waals surface area (Å²) in [5, 5.41) is 3.61. The molecule has 3 unspecified atom stereocenters. The largest absolute Gasteiger partial charge is 0.311 e. The number of hydrogen-bond donors (Lipinski definition) is 1. The third kappa shape index (κ3) is 2.07. The van der Waals surface area contributed by atoms with Gasteiger partial charge in [0.25, 0.3) is 0 Å². The van der Waals surface area contributed by atoms with E-state index in [1.807, 2.05) is 0 Å². The molecule has 1 heteroatoms. The molecule has 1 saturated heterocycles. The van der Waals surface area contributed by atoms with E-state index in [2.05, 4.69) is 51.2 Å². The van der Waals surface area contributed by atoms with Gasteiger partial charge in [-0.3, -0.25) is 0 Å². The predicted molar refractivity (Wildman–Crippen MR) is 65.3 cm³/mol. The molecular weight excluding hydrogens is 182 g/mol. The molecule has 0 radical (unpaired) electrons. The van der Waals surface area contributed by atoms with Crippen LogP contribution in [0.15, 0.2) is 18.2 Å². The van der Waals surface area contributed by atoms with Gasteiger partial charge in [0.05, 0.1) is 0 Å². The van der Waals surface area contributed by atoms with Gasteiger partial charge < -0.3 is 5.32 Å². The summed E-state index contributed by atoms with van der Waals surface area (Å²) in [7, 11) is 0. The van der Waals surface area contributed by atoms with Gasteiger partial charge in [0, 0.05) is 18.0 Å². The summed E-state index contributed by atoms with van der Waals surface area (Å²) in [6.45, 7) is 8.99. The van der Waals surface area contributed by atoms with Crippen molar-refractivity contribution in [3.05, 3.63) is 34.9 Å². The molecule has 0 aliphatic carbocycles. The van der Waals surface area contributed by atoms with Crippen molar-refractivity contribution >= 4 is 0 Å². The molecule has 3 atom stereocenters. The lowest BCUT2D eigenvalue weighted by molar-refractivity contribution is 0.573. The molecule has 1 aromatic rings. The molecule has 1 nitrogen and oxygen atoms in total. The van der Waals surface area contributed by atoms with E-state index in [0.717, 1.165) is 0 Å². The Bertz CT molecular complexity index is 356. The van der Waals surface area contributed by atoms with Crippen LogP contribution >= 0.6 is 0 Å². The zero-order valence-corrected chi connectivity index (χ0v) is 10.2. The molecule has 1 N–H and O–H groups in total. The zero-order chi connectivity index (χ0) is 11.0. The maximum absolute atomic E-state index is 3.61. The highest BCUT2D eigenvalue weighted by Crippen LogP contribution is 2.32. The van der Waals surface area contributed by atoms with E-state index in [-0.39, 0.29) is 0 Å². The molecule has 0 bridgehead atoms. The van der Waals surface area contributed by atoms with Gasteiger partial charge in [-0.2, -0.15) is 0 Å². The van der Waals surface area contributed by atoms with Gasteiger partial charge in [-0.1, -0.05) is 23.8 Å². The van der Waals surface area contributed by atoms with Crippen molar-refractivity contribution in [3.8, 4) is 0 Å². The highest BCUT2D eigenvalue weighted by Gasteiger charge is 2.29. The summed E-state index contributed by atoms with van der Waals surface area (Å²) in [6.07, 6.45) is 1.27. The van der Waals surface area contributed by atoms with Gasteiger partial charge in [0.15, 0.2) is 0 Å². The number of benzene rings is 1. The summed E-state index contributed by atoms with van der Waals surface area (Å²) < 4.78 is 0. The minimum absolute atomic E-state index is 0.612. The Morgan fingerprint density at radius 1 is 1.20 bits per heavy atom. The smallest absolute Gasteiger partial charge is 0.0111 e. The van der Waals surface area contributed by atoms with E-state index in [4.69, 9.17) is 0 Å². The lowest BCUT2D eigenvalue weighted by Crippen LogP contribution is -2.26. The average molecular weight is 203 g/mol. The fourth-order valence-electron chi connectivity index (χ4n) is 2.77.